The zero-order valence-corrected chi connectivity index (χ0v) is 14.7. The van der Waals surface area contributed by atoms with Crippen molar-refractivity contribution in [1.29, 1.82) is 0 Å². The third-order valence-electron chi connectivity index (χ3n) is 4.05. The van der Waals surface area contributed by atoms with Crippen molar-refractivity contribution in [1.82, 2.24) is 14.9 Å². The van der Waals surface area contributed by atoms with Gasteiger partial charge in [0.05, 0.1) is 25.0 Å². The van der Waals surface area contributed by atoms with Gasteiger partial charge in [0, 0.05) is 6.54 Å². The summed E-state index contributed by atoms with van der Waals surface area (Å²) in [6.45, 7) is 8.29. The molecule has 0 spiro atoms. The van der Waals surface area contributed by atoms with E-state index in [0.29, 0.717) is 6.54 Å². The number of aryl methyl sites for hydroxylation is 3. The summed E-state index contributed by atoms with van der Waals surface area (Å²) in [4.78, 5) is 21.3. The summed E-state index contributed by atoms with van der Waals surface area (Å²) < 4.78 is 5.78. The molecular weight excluding hydrogens is 306 g/mol. The maximum Gasteiger partial charge on any atom is 0.260 e. The van der Waals surface area contributed by atoms with E-state index < -0.39 is 0 Å². The minimum absolute atomic E-state index is 0.0573. The number of carbonyl (C=O) groups is 1. The lowest BCUT2D eigenvalue weighted by atomic mass is 10.1. The molecule has 24 heavy (non-hydrogen) atoms. The van der Waals surface area contributed by atoms with Gasteiger partial charge in [-0.2, -0.15) is 0 Å². The predicted molar refractivity (Wildman–Crippen MR) is 92.0 cm³/mol. The Morgan fingerprint density at radius 2 is 1.96 bits per heavy atom. The molecule has 0 saturated heterocycles. The van der Waals surface area contributed by atoms with E-state index >= 15 is 0 Å². The summed E-state index contributed by atoms with van der Waals surface area (Å²) in [5.41, 5.74) is 4.00. The normalized spacial score (nSPS) is 10.7. The van der Waals surface area contributed by atoms with Crippen LogP contribution in [0.1, 0.15) is 28.2 Å². The number of aromatic amines is 1. The molecule has 0 radical (unpaired) electrons. The molecule has 0 aliphatic carbocycles. The highest BCUT2D eigenvalue weighted by molar-refractivity contribution is 5.77. The van der Waals surface area contributed by atoms with Gasteiger partial charge in [-0.15, -0.1) is 0 Å². The number of hydrogen-bond donors (Lipinski definition) is 2. The fourth-order valence-electron chi connectivity index (χ4n) is 2.54. The number of carbonyl (C=O) groups excluding carboxylic acids is 1. The number of imidazole rings is 1. The van der Waals surface area contributed by atoms with E-state index in [0.717, 1.165) is 34.0 Å². The van der Waals surface area contributed by atoms with Crippen LogP contribution in [0.25, 0.3) is 0 Å². The molecule has 1 aromatic carbocycles. The molecule has 1 aromatic heterocycles. The Hall–Kier alpha value is -2.34. The Morgan fingerprint density at radius 3 is 2.58 bits per heavy atom. The van der Waals surface area contributed by atoms with Gasteiger partial charge in [0.15, 0.2) is 6.61 Å². The fourth-order valence-corrected chi connectivity index (χ4v) is 2.54. The topological polar surface area (TPSA) is 78.4 Å². The molecule has 0 atom stereocenters. The minimum atomic E-state index is -0.170. The van der Waals surface area contributed by atoms with Crippen molar-refractivity contribution < 1.29 is 14.6 Å². The Balaban J connectivity index is 2.04. The Labute approximate surface area is 142 Å². The van der Waals surface area contributed by atoms with E-state index in [2.05, 4.69) is 9.97 Å². The van der Waals surface area contributed by atoms with Crippen LogP contribution in [0.4, 0.5) is 0 Å². The van der Waals surface area contributed by atoms with E-state index in [-0.39, 0.29) is 25.7 Å². The van der Waals surface area contributed by atoms with E-state index in [1.165, 1.54) is 0 Å². The number of hydrogen-bond acceptors (Lipinski definition) is 4. The first-order valence-corrected chi connectivity index (χ1v) is 8.01. The van der Waals surface area contributed by atoms with Crippen LogP contribution in [0.15, 0.2) is 18.3 Å². The smallest absolute Gasteiger partial charge is 0.260 e. The summed E-state index contributed by atoms with van der Waals surface area (Å²) in [7, 11) is 0. The average Bonchev–Trinajstić information content (AvgIpc) is 2.95. The first-order chi connectivity index (χ1) is 11.4. The molecule has 0 fully saturated rings. The highest BCUT2D eigenvalue weighted by Gasteiger charge is 2.16. The molecule has 1 amide bonds. The van der Waals surface area contributed by atoms with Crippen molar-refractivity contribution in [3.63, 3.8) is 0 Å². The van der Waals surface area contributed by atoms with Crippen LogP contribution in [0.5, 0.6) is 5.75 Å². The fraction of sp³-hybridized carbons (Fsp3) is 0.444. The molecule has 2 aromatic rings. The Morgan fingerprint density at radius 1 is 1.25 bits per heavy atom. The van der Waals surface area contributed by atoms with Crippen molar-refractivity contribution in [3.8, 4) is 5.75 Å². The lowest BCUT2D eigenvalue weighted by Crippen LogP contribution is -2.36. The summed E-state index contributed by atoms with van der Waals surface area (Å²) in [5.74, 6) is 1.38. The molecule has 6 nitrogen and oxygen atoms in total. The highest BCUT2D eigenvalue weighted by Crippen LogP contribution is 2.25. The van der Waals surface area contributed by atoms with Crippen LogP contribution in [0.2, 0.25) is 0 Å². The number of benzene rings is 1. The maximum absolute atomic E-state index is 12.5. The van der Waals surface area contributed by atoms with Crippen molar-refractivity contribution in [2.45, 2.75) is 34.2 Å². The lowest BCUT2D eigenvalue weighted by Gasteiger charge is -2.22. The molecular formula is C18H25N3O3. The molecule has 0 unspecified atom stereocenters. The standard InChI is InChI=1S/C18H25N3O3/c1-12-5-6-13(2)18(14(12)3)24-11-17(23)21(7-8-22)10-16-9-19-15(4)20-16/h5-6,9,22H,7-8,10-11H2,1-4H3,(H,19,20). The number of ether oxygens (including phenoxy) is 1. The minimum Gasteiger partial charge on any atom is -0.483 e. The van der Waals surface area contributed by atoms with E-state index in [1.54, 1.807) is 11.1 Å². The van der Waals surface area contributed by atoms with E-state index in [9.17, 15) is 9.90 Å². The van der Waals surface area contributed by atoms with Gasteiger partial charge in [0.2, 0.25) is 0 Å². The van der Waals surface area contributed by atoms with Crippen molar-refractivity contribution >= 4 is 5.91 Å². The average molecular weight is 331 g/mol. The number of aromatic nitrogens is 2. The van der Waals surface area contributed by atoms with Crippen molar-refractivity contribution in [2.75, 3.05) is 19.8 Å². The number of H-pyrrole nitrogens is 1. The summed E-state index contributed by atoms with van der Waals surface area (Å²) in [5, 5.41) is 9.22. The molecule has 0 saturated carbocycles. The van der Waals surface area contributed by atoms with Crippen LogP contribution in [-0.2, 0) is 11.3 Å². The van der Waals surface area contributed by atoms with Gasteiger partial charge in [0.25, 0.3) is 5.91 Å². The highest BCUT2D eigenvalue weighted by atomic mass is 16.5. The van der Waals surface area contributed by atoms with Gasteiger partial charge in [-0.1, -0.05) is 12.1 Å². The van der Waals surface area contributed by atoms with Gasteiger partial charge >= 0.3 is 0 Å². The van der Waals surface area contributed by atoms with Gasteiger partial charge in [-0.25, -0.2) is 4.98 Å². The number of rotatable bonds is 7. The second kappa shape index (κ2) is 7.97. The second-order valence-corrected chi connectivity index (χ2v) is 5.97. The zero-order chi connectivity index (χ0) is 17.7. The molecule has 6 heteroatoms. The van der Waals surface area contributed by atoms with Gasteiger partial charge in [0.1, 0.15) is 11.6 Å². The van der Waals surface area contributed by atoms with Gasteiger partial charge in [-0.05, 0) is 44.4 Å². The molecule has 2 rings (SSSR count). The number of amides is 1. The summed E-state index contributed by atoms with van der Waals surface area (Å²) in [6.07, 6.45) is 1.70. The summed E-state index contributed by atoms with van der Waals surface area (Å²) in [6, 6.07) is 4.03. The van der Waals surface area contributed by atoms with Gasteiger partial charge < -0.3 is 19.7 Å². The molecule has 0 aliphatic rings. The van der Waals surface area contributed by atoms with Crippen LogP contribution in [-0.4, -0.2) is 45.6 Å². The van der Waals surface area contributed by atoms with E-state index in [4.69, 9.17) is 4.74 Å². The molecule has 0 aliphatic heterocycles. The van der Waals surface area contributed by atoms with E-state index in [1.807, 2.05) is 39.8 Å². The van der Waals surface area contributed by atoms with Crippen LogP contribution in [0.3, 0.4) is 0 Å². The van der Waals surface area contributed by atoms with Crippen LogP contribution < -0.4 is 4.74 Å². The largest absolute Gasteiger partial charge is 0.483 e. The van der Waals surface area contributed by atoms with Gasteiger partial charge in [-0.3, -0.25) is 4.79 Å². The summed E-state index contributed by atoms with van der Waals surface area (Å²) >= 11 is 0. The third-order valence-corrected chi connectivity index (χ3v) is 4.05. The van der Waals surface area contributed by atoms with Crippen LogP contribution in [0, 0.1) is 27.7 Å². The molecule has 0 bridgehead atoms. The monoisotopic (exact) mass is 331 g/mol. The molecule has 130 valence electrons. The first kappa shape index (κ1) is 18.0. The van der Waals surface area contributed by atoms with Crippen molar-refractivity contribution in [3.05, 3.63) is 46.5 Å². The van der Waals surface area contributed by atoms with Crippen LogP contribution >= 0.6 is 0 Å². The van der Waals surface area contributed by atoms with Crippen molar-refractivity contribution in [2.24, 2.45) is 0 Å². The number of nitrogens with one attached hydrogen (secondary N) is 1. The predicted octanol–water partition coefficient (Wildman–Crippen LogP) is 2.04. The number of nitrogens with zero attached hydrogens (tertiary/aromatic N) is 2. The molecule has 1 heterocycles. The Kier molecular flexibility index (Phi) is 5.98. The SMILES string of the molecule is Cc1ncc(CN(CCO)C(=O)COc2c(C)ccc(C)c2C)[nH]1. The third kappa shape index (κ3) is 4.35. The first-order valence-electron chi connectivity index (χ1n) is 8.01. The number of aliphatic hydroxyl groups excluding tert-OH is 1. The lowest BCUT2D eigenvalue weighted by molar-refractivity contribution is -0.134. The Bertz CT molecular complexity index is 710. The number of aliphatic hydroxyl groups is 1. The molecule has 2 N–H and O–H groups in total. The quantitative estimate of drug-likeness (QED) is 0.814. The zero-order valence-electron chi connectivity index (χ0n) is 14.7. The second-order valence-electron chi connectivity index (χ2n) is 5.97. The maximum atomic E-state index is 12.5.